The molecule has 25 heavy (non-hydrogen) atoms. The van der Waals surface area contributed by atoms with Gasteiger partial charge in [0.05, 0.1) is 12.6 Å². The fraction of sp³-hybridized carbons (Fsp3) is 0.611. The Morgan fingerprint density at radius 2 is 1.68 bits per heavy atom. The number of piperazine rings is 1. The van der Waals surface area contributed by atoms with Crippen molar-refractivity contribution in [2.45, 2.75) is 25.5 Å². The first-order valence-corrected chi connectivity index (χ1v) is 8.64. The molecule has 2 aliphatic rings. The molecule has 1 aromatic rings. The first kappa shape index (κ1) is 22.2. The molecule has 1 unspecified atom stereocenters. The first-order valence-electron chi connectivity index (χ1n) is 8.64. The van der Waals surface area contributed by atoms with E-state index in [1.807, 2.05) is 30.3 Å². The van der Waals surface area contributed by atoms with Crippen LogP contribution in [-0.2, 0) is 11.3 Å². The molecular weight excluding hydrogens is 361 g/mol. The van der Waals surface area contributed by atoms with E-state index < -0.39 is 0 Å². The van der Waals surface area contributed by atoms with Crippen LogP contribution in [0.15, 0.2) is 30.3 Å². The lowest BCUT2D eigenvalue weighted by molar-refractivity contribution is -0.122. The third-order valence-electron chi connectivity index (χ3n) is 4.78. The number of hydrogen-bond donors (Lipinski definition) is 2. The first-order chi connectivity index (χ1) is 11.2. The Labute approximate surface area is 162 Å². The van der Waals surface area contributed by atoms with E-state index in [1.165, 1.54) is 12.8 Å². The predicted molar refractivity (Wildman–Crippen MR) is 104 cm³/mol. The van der Waals surface area contributed by atoms with Gasteiger partial charge in [0.15, 0.2) is 0 Å². The van der Waals surface area contributed by atoms with Gasteiger partial charge in [-0.3, -0.25) is 14.6 Å². The summed E-state index contributed by atoms with van der Waals surface area (Å²) in [4.78, 5) is 16.6. The smallest absolute Gasteiger partial charge is 0.234 e. The number of nitrogens with one attached hydrogen (secondary N) is 1. The summed E-state index contributed by atoms with van der Waals surface area (Å²) in [6, 6.07) is 9.98. The van der Waals surface area contributed by atoms with Gasteiger partial charge in [0.2, 0.25) is 5.91 Å². The minimum atomic E-state index is -0.157. The van der Waals surface area contributed by atoms with E-state index in [-0.39, 0.29) is 36.8 Å². The van der Waals surface area contributed by atoms with Crippen LogP contribution in [0, 0.1) is 5.92 Å². The van der Waals surface area contributed by atoms with Gasteiger partial charge in [-0.05, 0) is 24.3 Å². The Hall–Kier alpha value is -0.850. The number of carbonyl (C=O) groups excluding carboxylic acids is 1. The number of hydrogen-bond acceptors (Lipinski definition) is 4. The van der Waals surface area contributed by atoms with Crippen LogP contribution in [0.5, 0.6) is 0 Å². The molecule has 1 aromatic carbocycles. The third kappa shape index (κ3) is 7.50. The molecular formula is C18H29Cl2N3O2. The average Bonchev–Trinajstić information content (AvgIpc) is 3.41. The predicted octanol–water partition coefficient (Wildman–Crippen LogP) is 1.53. The summed E-state index contributed by atoms with van der Waals surface area (Å²) in [5.74, 6) is 0.622. The summed E-state index contributed by atoms with van der Waals surface area (Å²) < 4.78 is 0. The van der Waals surface area contributed by atoms with Crippen molar-refractivity contribution in [3.05, 3.63) is 35.9 Å². The molecule has 5 nitrogen and oxygen atoms in total. The van der Waals surface area contributed by atoms with Gasteiger partial charge in [-0.15, -0.1) is 24.8 Å². The second-order valence-electron chi connectivity index (χ2n) is 6.74. The van der Waals surface area contributed by atoms with E-state index in [2.05, 4.69) is 15.1 Å². The molecule has 1 amide bonds. The normalized spacial score (nSPS) is 19.4. The number of nitrogens with zero attached hydrogens (tertiary/aromatic N) is 2. The maximum absolute atomic E-state index is 12.0. The molecule has 1 heterocycles. The number of rotatable bonds is 7. The zero-order valence-corrected chi connectivity index (χ0v) is 16.1. The van der Waals surface area contributed by atoms with Crippen LogP contribution in [0.4, 0.5) is 0 Å². The molecule has 0 aromatic heterocycles. The lowest BCUT2D eigenvalue weighted by Crippen LogP contribution is -2.51. The van der Waals surface area contributed by atoms with Crippen LogP contribution < -0.4 is 5.32 Å². The molecule has 1 saturated carbocycles. The quantitative estimate of drug-likeness (QED) is 0.742. The highest BCUT2D eigenvalue weighted by Gasteiger charge is 2.31. The van der Waals surface area contributed by atoms with Crippen LogP contribution in [0.3, 0.4) is 0 Å². The minimum Gasteiger partial charge on any atom is -0.392 e. The topological polar surface area (TPSA) is 55.8 Å². The second kappa shape index (κ2) is 11.0. The van der Waals surface area contributed by atoms with Crippen LogP contribution in [0.2, 0.25) is 0 Å². The molecule has 1 aliphatic heterocycles. The monoisotopic (exact) mass is 389 g/mol. The van der Waals surface area contributed by atoms with Gasteiger partial charge in [-0.1, -0.05) is 30.3 Å². The standard InChI is InChI=1S/C18H27N3O2.2ClH/c22-17(16-6-7-16)13-20-8-10-21(11-9-20)14-18(23)19-12-15-4-2-1-3-5-15;;/h1-5,16-17,22H,6-14H2,(H,19,23);2*1H. The highest BCUT2D eigenvalue weighted by Crippen LogP contribution is 2.32. The summed E-state index contributed by atoms with van der Waals surface area (Å²) >= 11 is 0. The van der Waals surface area contributed by atoms with Crippen LogP contribution in [0.1, 0.15) is 18.4 Å². The fourth-order valence-electron chi connectivity index (χ4n) is 3.08. The number of halogens is 2. The second-order valence-corrected chi connectivity index (χ2v) is 6.74. The largest absolute Gasteiger partial charge is 0.392 e. The summed E-state index contributed by atoms with van der Waals surface area (Å²) in [6.45, 7) is 5.52. The van der Waals surface area contributed by atoms with E-state index in [9.17, 15) is 9.90 Å². The molecule has 142 valence electrons. The Bertz CT molecular complexity index is 506. The van der Waals surface area contributed by atoms with E-state index in [0.717, 1.165) is 38.3 Å². The zero-order valence-electron chi connectivity index (χ0n) is 14.5. The van der Waals surface area contributed by atoms with Gasteiger partial charge in [-0.25, -0.2) is 0 Å². The fourth-order valence-corrected chi connectivity index (χ4v) is 3.08. The van der Waals surface area contributed by atoms with Crippen LogP contribution in [-0.4, -0.2) is 66.2 Å². The van der Waals surface area contributed by atoms with Crippen molar-refractivity contribution in [1.82, 2.24) is 15.1 Å². The van der Waals surface area contributed by atoms with Crippen LogP contribution >= 0.6 is 24.8 Å². The SMILES string of the molecule is Cl.Cl.O=C(CN1CCN(CC(O)C2CC2)CC1)NCc1ccccc1. The van der Waals surface area contributed by atoms with Crippen LogP contribution in [0.25, 0.3) is 0 Å². The zero-order chi connectivity index (χ0) is 16.1. The Kier molecular flexibility index (Phi) is 9.75. The van der Waals surface area contributed by atoms with E-state index >= 15 is 0 Å². The Balaban J connectivity index is 0.00000156. The van der Waals surface area contributed by atoms with E-state index in [1.54, 1.807) is 0 Å². The van der Waals surface area contributed by atoms with Crippen molar-refractivity contribution in [3.8, 4) is 0 Å². The van der Waals surface area contributed by atoms with Crippen molar-refractivity contribution in [2.75, 3.05) is 39.3 Å². The molecule has 0 bridgehead atoms. The van der Waals surface area contributed by atoms with Crippen molar-refractivity contribution in [3.63, 3.8) is 0 Å². The molecule has 0 radical (unpaired) electrons. The van der Waals surface area contributed by atoms with Gasteiger partial charge < -0.3 is 10.4 Å². The summed E-state index contributed by atoms with van der Waals surface area (Å²) in [5, 5.41) is 13.0. The lowest BCUT2D eigenvalue weighted by atomic mass is 10.2. The minimum absolute atomic E-state index is 0. The number of benzene rings is 1. The lowest BCUT2D eigenvalue weighted by Gasteiger charge is -2.35. The molecule has 0 spiro atoms. The number of carbonyl (C=O) groups is 1. The van der Waals surface area contributed by atoms with Gasteiger partial charge in [0, 0.05) is 39.3 Å². The van der Waals surface area contributed by atoms with Gasteiger partial charge in [0.1, 0.15) is 0 Å². The summed E-state index contributed by atoms with van der Waals surface area (Å²) in [5.41, 5.74) is 1.12. The highest BCUT2D eigenvalue weighted by atomic mass is 35.5. The number of amides is 1. The number of aliphatic hydroxyl groups is 1. The van der Waals surface area contributed by atoms with Gasteiger partial charge >= 0.3 is 0 Å². The van der Waals surface area contributed by atoms with E-state index in [0.29, 0.717) is 19.0 Å². The molecule has 1 atom stereocenters. The van der Waals surface area contributed by atoms with Crippen molar-refractivity contribution in [1.29, 1.82) is 0 Å². The highest BCUT2D eigenvalue weighted by molar-refractivity contribution is 5.85. The van der Waals surface area contributed by atoms with Gasteiger partial charge in [-0.2, -0.15) is 0 Å². The third-order valence-corrected chi connectivity index (χ3v) is 4.78. The van der Waals surface area contributed by atoms with Crippen molar-refractivity contribution < 1.29 is 9.90 Å². The molecule has 2 N–H and O–H groups in total. The molecule has 1 aliphatic carbocycles. The van der Waals surface area contributed by atoms with Gasteiger partial charge in [0.25, 0.3) is 0 Å². The van der Waals surface area contributed by atoms with Crippen molar-refractivity contribution >= 4 is 30.7 Å². The molecule has 2 fully saturated rings. The molecule has 3 rings (SSSR count). The molecule has 1 saturated heterocycles. The summed E-state index contributed by atoms with van der Waals surface area (Å²) in [7, 11) is 0. The number of β-amino-alcohol motifs (C(OH)–C–C–N with tert-alkyl or cyclic N) is 1. The molecule has 7 heteroatoms. The summed E-state index contributed by atoms with van der Waals surface area (Å²) in [6.07, 6.45) is 2.21. The Morgan fingerprint density at radius 1 is 1.08 bits per heavy atom. The van der Waals surface area contributed by atoms with E-state index in [4.69, 9.17) is 0 Å². The van der Waals surface area contributed by atoms with Crippen molar-refractivity contribution in [2.24, 2.45) is 5.92 Å². The maximum atomic E-state index is 12.0. The maximum Gasteiger partial charge on any atom is 0.234 e. The number of aliphatic hydroxyl groups excluding tert-OH is 1. The average molecular weight is 390 g/mol. The Morgan fingerprint density at radius 3 is 2.28 bits per heavy atom.